The zero-order valence-corrected chi connectivity index (χ0v) is 7.72. The van der Waals surface area contributed by atoms with E-state index in [0.29, 0.717) is 0 Å². The number of hydrogen-bond donors (Lipinski definition) is 0. The molecule has 0 atom stereocenters. The SMILES string of the molecule is CCCc1ccc(C2CC2)cc1. The average Bonchev–Trinajstić information content (AvgIpc) is 2.89. The molecule has 1 saturated carbocycles. The van der Waals surface area contributed by atoms with E-state index in [1.165, 1.54) is 31.2 Å². The maximum atomic E-state index is 2.31. The van der Waals surface area contributed by atoms with E-state index in [9.17, 15) is 0 Å². The summed E-state index contributed by atoms with van der Waals surface area (Å²) in [5.74, 6) is 0.903. The first kappa shape index (κ1) is 7.85. The van der Waals surface area contributed by atoms with Gasteiger partial charge >= 0.3 is 0 Å². The molecule has 0 nitrogen and oxygen atoms in total. The minimum absolute atomic E-state index is 0.903. The highest BCUT2D eigenvalue weighted by molar-refractivity contribution is 5.27. The van der Waals surface area contributed by atoms with Crippen LogP contribution in [-0.4, -0.2) is 0 Å². The maximum Gasteiger partial charge on any atom is -0.0162 e. The Bertz CT molecular complexity index is 241. The van der Waals surface area contributed by atoms with Crippen LogP contribution in [0.5, 0.6) is 0 Å². The van der Waals surface area contributed by atoms with Gasteiger partial charge in [-0.25, -0.2) is 0 Å². The lowest BCUT2D eigenvalue weighted by molar-refractivity contribution is 0.919. The molecule has 1 aliphatic rings. The van der Waals surface area contributed by atoms with Gasteiger partial charge in [0.05, 0.1) is 0 Å². The van der Waals surface area contributed by atoms with Gasteiger partial charge in [0.25, 0.3) is 0 Å². The Balaban J connectivity index is 2.08. The van der Waals surface area contributed by atoms with Crippen molar-refractivity contribution in [2.24, 2.45) is 0 Å². The van der Waals surface area contributed by atoms with Gasteiger partial charge in [-0.2, -0.15) is 0 Å². The monoisotopic (exact) mass is 160 g/mol. The van der Waals surface area contributed by atoms with Gasteiger partial charge in [-0.15, -0.1) is 0 Å². The van der Waals surface area contributed by atoms with Crippen molar-refractivity contribution in [3.05, 3.63) is 35.4 Å². The van der Waals surface area contributed by atoms with E-state index in [2.05, 4.69) is 31.2 Å². The van der Waals surface area contributed by atoms with E-state index in [1.807, 2.05) is 0 Å². The summed E-state index contributed by atoms with van der Waals surface area (Å²) < 4.78 is 0. The molecule has 64 valence electrons. The minimum Gasteiger partial charge on any atom is -0.0651 e. The Morgan fingerprint density at radius 3 is 2.33 bits per heavy atom. The Hall–Kier alpha value is -0.780. The molecule has 0 heteroatoms. The van der Waals surface area contributed by atoms with E-state index < -0.39 is 0 Å². The van der Waals surface area contributed by atoms with Gasteiger partial charge in [-0.3, -0.25) is 0 Å². The summed E-state index contributed by atoms with van der Waals surface area (Å²) >= 11 is 0. The third-order valence-electron chi connectivity index (χ3n) is 2.57. The predicted molar refractivity (Wildman–Crippen MR) is 52.4 cm³/mol. The van der Waals surface area contributed by atoms with Crippen molar-refractivity contribution in [2.45, 2.75) is 38.5 Å². The molecule has 0 spiro atoms. The van der Waals surface area contributed by atoms with Gasteiger partial charge in [0.2, 0.25) is 0 Å². The lowest BCUT2D eigenvalue weighted by atomic mass is 10.1. The van der Waals surface area contributed by atoms with Gasteiger partial charge < -0.3 is 0 Å². The van der Waals surface area contributed by atoms with Gasteiger partial charge in [0.15, 0.2) is 0 Å². The molecule has 0 aliphatic heterocycles. The molecular weight excluding hydrogens is 144 g/mol. The lowest BCUT2D eigenvalue weighted by Crippen LogP contribution is -1.84. The molecule has 0 bridgehead atoms. The van der Waals surface area contributed by atoms with Crippen LogP contribution >= 0.6 is 0 Å². The van der Waals surface area contributed by atoms with Gasteiger partial charge in [0, 0.05) is 0 Å². The predicted octanol–water partition coefficient (Wildman–Crippen LogP) is 3.52. The number of rotatable bonds is 3. The second kappa shape index (κ2) is 3.30. The zero-order valence-electron chi connectivity index (χ0n) is 7.72. The van der Waals surface area contributed by atoms with E-state index in [0.717, 1.165) is 5.92 Å². The quantitative estimate of drug-likeness (QED) is 0.634. The lowest BCUT2D eigenvalue weighted by Gasteiger charge is -2.00. The summed E-state index contributed by atoms with van der Waals surface area (Å²) in [4.78, 5) is 0. The molecule has 0 N–H and O–H groups in total. The van der Waals surface area contributed by atoms with Crippen molar-refractivity contribution in [3.63, 3.8) is 0 Å². The summed E-state index contributed by atoms with van der Waals surface area (Å²) in [6.07, 6.45) is 5.30. The van der Waals surface area contributed by atoms with E-state index in [-0.39, 0.29) is 0 Å². The molecule has 12 heavy (non-hydrogen) atoms. The summed E-state index contributed by atoms with van der Waals surface area (Å²) in [6.45, 7) is 2.23. The summed E-state index contributed by atoms with van der Waals surface area (Å²) in [5, 5.41) is 0. The van der Waals surface area contributed by atoms with E-state index in [1.54, 1.807) is 5.56 Å². The second-order valence-corrected chi connectivity index (χ2v) is 3.77. The van der Waals surface area contributed by atoms with Crippen molar-refractivity contribution >= 4 is 0 Å². The smallest absolute Gasteiger partial charge is 0.0162 e. The van der Waals surface area contributed by atoms with Gasteiger partial charge in [-0.05, 0) is 36.3 Å². The highest BCUT2D eigenvalue weighted by Gasteiger charge is 2.22. The number of hydrogen-bond acceptors (Lipinski definition) is 0. The summed E-state index contributed by atoms with van der Waals surface area (Å²) in [6, 6.07) is 9.19. The van der Waals surface area contributed by atoms with Crippen LogP contribution in [0.2, 0.25) is 0 Å². The molecule has 0 amide bonds. The second-order valence-electron chi connectivity index (χ2n) is 3.77. The summed E-state index contributed by atoms with van der Waals surface area (Å²) in [7, 11) is 0. The van der Waals surface area contributed by atoms with Gasteiger partial charge in [-0.1, -0.05) is 37.6 Å². The normalized spacial score (nSPS) is 16.4. The fourth-order valence-electron chi connectivity index (χ4n) is 1.66. The van der Waals surface area contributed by atoms with Crippen LogP contribution in [0.4, 0.5) is 0 Å². The molecule has 0 heterocycles. The van der Waals surface area contributed by atoms with Crippen LogP contribution in [-0.2, 0) is 6.42 Å². The summed E-state index contributed by atoms with van der Waals surface area (Å²) in [5.41, 5.74) is 3.04. The van der Waals surface area contributed by atoms with Crippen LogP contribution in [0, 0.1) is 0 Å². The van der Waals surface area contributed by atoms with Crippen LogP contribution in [0.1, 0.15) is 43.2 Å². The standard InChI is InChI=1S/C12H16/c1-2-3-10-4-6-11(7-5-10)12-8-9-12/h4-7,12H,2-3,8-9H2,1H3. The Morgan fingerprint density at radius 1 is 1.17 bits per heavy atom. The largest absolute Gasteiger partial charge is 0.0651 e. The van der Waals surface area contributed by atoms with Crippen molar-refractivity contribution < 1.29 is 0 Å². The first-order valence-corrected chi connectivity index (χ1v) is 4.99. The van der Waals surface area contributed by atoms with Crippen LogP contribution in [0.3, 0.4) is 0 Å². The Morgan fingerprint density at radius 2 is 1.83 bits per heavy atom. The maximum absolute atomic E-state index is 2.31. The molecule has 0 saturated heterocycles. The Kier molecular flexibility index (Phi) is 2.16. The average molecular weight is 160 g/mol. The van der Waals surface area contributed by atoms with E-state index in [4.69, 9.17) is 0 Å². The fraction of sp³-hybridized carbons (Fsp3) is 0.500. The first-order valence-electron chi connectivity index (χ1n) is 4.99. The van der Waals surface area contributed by atoms with Crippen molar-refractivity contribution in [1.29, 1.82) is 0 Å². The van der Waals surface area contributed by atoms with Gasteiger partial charge in [0.1, 0.15) is 0 Å². The third-order valence-corrected chi connectivity index (χ3v) is 2.57. The van der Waals surface area contributed by atoms with Crippen LogP contribution < -0.4 is 0 Å². The van der Waals surface area contributed by atoms with Crippen molar-refractivity contribution in [1.82, 2.24) is 0 Å². The van der Waals surface area contributed by atoms with Crippen LogP contribution in [0.25, 0.3) is 0 Å². The zero-order chi connectivity index (χ0) is 8.39. The molecule has 1 aromatic rings. The molecule has 1 fully saturated rings. The molecule has 2 rings (SSSR count). The molecule has 0 radical (unpaired) electrons. The van der Waals surface area contributed by atoms with Crippen LogP contribution in [0.15, 0.2) is 24.3 Å². The first-order chi connectivity index (χ1) is 5.90. The molecule has 0 aromatic heterocycles. The van der Waals surface area contributed by atoms with Crippen molar-refractivity contribution in [3.8, 4) is 0 Å². The molecule has 0 unspecified atom stereocenters. The molecule has 1 aromatic carbocycles. The highest BCUT2D eigenvalue weighted by Crippen LogP contribution is 2.39. The minimum atomic E-state index is 0.903. The van der Waals surface area contributed by atoms with E-state index >= 15 is 0 Å². The third kappa shape index (κ3) is 1.69. The molecule has 1 aliphatic carbocycles. The Labute approximate surface area is 74.6 Å². The number of benzene rings is 1. The number of aryl methyl sites for hydroxylation is 1. The molecular formula is C12H16. The topological polar surface area (TPSA) is 0 Å². The van der Waals surface area contributed by atoms with Crippen molar-refractivity contribution in [2.75, 3.05) is 0 Å². The highest BCUT2D eigenvalue weighted by atomic mass is 14.3. The fourth-order valence-corrected chi connectivity index (χ4v) is 1.66.